The number of benzene rings is 1. The third kappa shape index (κ3) is 4.47. The van der Waals surface area contributed by atoms with Gasteiger partial charge in [0.25, 0.3) is 0 Å². The van der Waals surface area contributed by atoms with E-state index in [1.54, 1.807) is 6.20 Å². The number of anilines is 1. The molecule has 3 heterocycles. The summed E-state index contributed by atoms with van der Waals surface area (Å²) < 4.78 is 0. The summed E-state index contributed by atoms with van der Waals surface area (Å²) in [4.78, 5) is 11.9. The summed E-state index contributed by atoms with van der Waals surface area (Å²) in [5.74, 6) is 1.61. The molecular weight excluding hydrogens is 334 g/mol. The van der Waals surface area contributed by atoms with E-state index in [2.05, 4.69) is 56.1 Å². The highest BCUT2D eigenvalue weighted by Crippen LogP contribution is 2.22. The summed E-state index contributed by atoms with van der Waals surface area (Å²) in [5.41, 5.74) is 2.09. The van der Waals surface area contributed by atoms with E-state index < -0.39 is 0 Å². The number of hydrogen-bond acceptors (Lipinski definition) is 5. The highest BCUT2D eigenvalue weighted by atomic mass is 15.3. The lowest BCUT2D eigenvalue weighted by atomic mass is 10.1. The highest BCUT2D eigenvalue weighted by molar-refractivity contribution is 5.53. The van der Waals surface area contributed by atoms with E-state index >= 15 is 0 Å². The second-order valence-electron chi connectivity index (χ2n) is 7.65. The maximum absolute atomic E-state index is 9.29. The van der Waals surface area contributed by atoms with Crippen LogP contribution in [0.3, 0.4) is 0 Å². The minimum Gasteiger partial charge on any atom is -0.353 e. The normalized spacial score (nSPS) is 21.3. The lowest BCUT2D eigenvalue weighted by Gasteiger charge is -2.36. The molecule has 2 aliphatic rings. The van der Waals surface area contributed by atoms with E-state index in [-0.39, 0.29) is 0 Å². The van der Waals surface area contributed by atoms with Crippen molar-refractivity contribution in [1.82, 2.24) is 14.8 Å². The Kier molecular flexibility index (Phi) is 5.66. The first kappa shape index (κ1) is 18.0. The Balaban J connectivity index is 1.25. The molecule has 140 valence electrons. The lowest BCUT2D eigenvalue weighted by Crippen LogP contribution is -2.48. The van der Waals surface area contributed by atoms with E-state index in [0.717, 1.165) is 44.5 Å². The summed E-state index contributed by atoms with van der Waals surface area (Å²) >= 11 is 0. The molecule has 0 spiro atoms. The molecule has 0 aliphatic carbocycles. The fraction of sp³-hybridized carbons (Fsp3) is 0.455. The molecule has 2 aromatic rings. The predicted octanol–water partition coefficient (Wildman–Crippen LogP) is 2.60. The van der Waals surface area contributed by atoms with Gasteiger partial charge in [-0.3, -0.25) is 9.80 Å². The molecule has 0 amide bonds. The Morgan fingerprint density at radius 1 is 0.963 bits per heavy atom. The number of nitriles is 1. The van der Waals surface area contributed by atoms with Gasteiger partial charge in [-0.1, -0.05) is 30.3 Å². The molecule has 2 fully saturated rings. The Bertz CT molecular complexity index is 777. The molecule has 2 saturated heterocycles. The fourth-order valence-corrected chi connectivity index (χ4v) is 4.29. The Morgan fingerprint density at radius 2 is 1.78 bits per heavy atom. The lowest BCUT2D eigenvalue weighted by molar-refractivity contribution is 0.213. The molecule has 5 heteroatoms. The van der Waals surface area contributed by atoms with Crippen LogP contribution >= 0.6 is 0 Å². The Morgan fingerprint density at radius 3 is 2.56 bits per heavy atom. The average molecular weight is 361 g/mol. The smallest absolute Gasteiger partial charge is 0.146 e. The van der Waals surface area contributed by atoms with E-state index in [0.29, 0.717) is 5.56 Å². The zero-order valence-electron chi connectivity index (χ0n) is 15.8. The van der Waals surface area contributed by atoms with Crippen molar-refractivity contribution in [3.63, 3.8) is 0 Å². The first-order valence-corrected chi connectivity index (χ1v) is 9.90. The van der Waals surface area contributed by atoms with E-state index in [1.807, 2.05) is 12.1 Å². The van der Waals surface area contributed by atoms with Gasteiger partial charge in [-0.25, -0.2) is 4.98 Å². The quantitative estimate of drug-likeness (QED) is 0.819. The number of nitrogens with zero attached hydrogens (tertiary/aromatic N) is 5. The summed E-state index contributed by atoms with van der Waals surface area (Å²) in [6.07, 6.45) is 3.08. The minimum absolute atomic E-state index is 0.679. The van der Waals surface area contributed by atoms with Gasteiger partial charge >= 0.3 is 0 Å². The molecular formula is C22H27N5. The molecule has 1 atom stereocenters. The Hall–Kier alpha value is -2.42. The molecule has 0 unspecified atom stereocenters. The van der Waals surface area contributed by atoms with Crippen molar-refractivity contribution < 1.29 is 0 Å². The fourth-order valence-electron chi connectivity index (χ4n) is 4.29. The van der Waals surface area contributed by atoms with Crippen molar-refractivity contribution in [3.05, 3.63) is 59.8 Å². The largest absolute Gasteiger partial charge is 0.353 e. The maximum Gasteiger partial charge on any atom is 0.146 e. The van der Waals surface area contributed by atoms with Crippen LogP contribution in [-0.2, 0) is 6.54 Å². The van der Waals surface area contributed by atoms with Gasteiger partial charge in [0.1, 0.15) is 11.9 Å². The van der Waals surface area contributed by atoms with Crippen LogP contribution in [0.25, 0.3) is 0 Å². The van der Waals surface area contributed by atoms with E-state index in [4.69, 9.17) is 0 Å². The number of aromatic nitrogens is 1. The number of pyridine rings is 1. The molecule has 0 bridgehead atoms. The molecule has 4 rings (SSSR count). The topological polar surface area (TPSA) is 46.4 Å². The zero-order chi connectivity index (χ0) is 18.5. The molecule has 1 aromatic carbocycles. The average Bonchev–Trinajstić information content (AvgIpc) is 3.16. The summed E-state index contributed by atoms with van der Waals surface area (Å²) in [6, 6.07) is 16.7. The van der Waals surface area contributed by atoms with Crippen LogP contribution in [0, 0.1) is 17.2 Å². The summed E-state index contributed by atoms with van der Waals surface area (Å²) in [5, 5.41) is 9.29. The first-order valence-electron chi connectivity index (χ1n) is 9.90. The van der Waals surface area contributed by atoms with Crippen LogP contribution in [0.5, 0.6) is 0 Å². The van der Waals surface area contributed by atoms with Gasteiger partial charge in [0.2, 0.25) is 0 Å². The van der Waals surface area contributed by atoms with Crippen LogP contribution in [-0.4, -0.2) is 60.6 Å². The molecule has 0 radical (unpaired) electrons. The van der Waals surface area contributed by atoms with Crippen LogP contribution < -0.4 is 4.90 Å². The second kappa shape index (κ2) is 8.51. The third-order valence-corrected chi connectivity index (χ3v) is 5.71. The van der Waals surface area contributed by atoms with Gasteiger partial charge in [0, 0.05) is 52.0 Å². The Labute approximate surface area is 161 Å². The molecule has 27 heavy (non-hydrogen) atoms. The minimum atomic E-state index is 0.679. The highest BCUT2D eigenvalue weighted by Gasteiger charge is 2.27. The van der Waals surface area contributed by atoms with E-state index in [9.17, 15) is 5.26 Å². The summed E-state index contributed by atoms with van der Waals surface area (Å²) in [7, 11) is 0. The standard InChI is InChI=1S/C22H27N5/c23-15-21-7-4-9-24-22(21)27-13-11-25(12-14-27)17-20-8-10-26(18-20)16-19-5-2-1-3-6-19/h1-7,9,20H,8,10-14,16-18H2/t20-/m0/s1. The molecule has 0 N–H and O–H groups in total. The van der Waals surface area contributed by atoms with Crippen molar-refractivity contribution in [2.75, 3.05) is 50.7 Å². The van der Waals surface area contributed by atoms with Crippen LogP contribution in [0.15, 0.2) is 48.7 Å². The first-order chi connectivity index (χ1) is 13.3. The van der Waals surface area contributed by atoms with E-state index in [1.165, 1.54) is 31.6 Å². The van der Waals surface area contributed by atoms with Crippen LogP contribution in [0.2, 0.25) is 0 Å². The summed E-state index contributed by atoms with van der Waals surface area (Å²) in [6.45, 7) is 8.67. The number of likely N-dealkylation sites (tertiary alicyclic amines) is 1. The third-order valence-electron chi connectivity index (χ3n) is 5.71. The van der Waals surface area contributed by atoms with Crippen molar-refractivity contribution in [2.45, 2.75) is 13.0 Å². The van der Waals surface area contributed by atoms with Gasteiger partial charge in [0.05, 0.1) is 5.56 Å². The number of hydrogen-bond donors (Lipinski definition) is 0. The molecule has 0 saturated carbocycles. The van der Waals surface area contributed by atoms with Crippen molar-refractivity contribution in [3.8, 4) is 6.07 Å². The molecule has 1 aromatic heterocycles. The van der Waals surface area contributed by atoms with Crippen molar-refractivity contribution >= 4 is 5.82 Å². The van der Waals surface area contributed by atoms with Gasteiger partial charge in [-0.05, 0) is 36.6 Å². The second-order valence-corrected chi connectivity index (χ2v) is 7.65. The van der Waals surface area contributed by atoms with Crippen molar-refractivity contribution in [1.29, 1.82) is 5.26 Å². The van der Waals surface area contributed by atoms with Gasteiger partial charge in [-0.15, -0.1) is 0 Å². The zero-order valence-corrected chi connectivity index (χ0v) is 15.8. The maximum atomic E-state index is 9.29. The van der Waals surface area contributed by atoms with Crippen molar-refractivity contribution in [2.24, 2.45) is 5.92 Å². The monoisotopic (exact) mass is 361 g/mol. The number of piperazine rings is 1. The van der Waals surface area contributed by atoms with Crippen LogP contribution in [0.4, 0.5) is 5.82 Å². The van der Waals surface area contributed by atoms with Gasteiger partial charge in [0.15, 0.2) is 0 Å². The predicted molar refractivity (Wildman–Crippen MR) is 107 cm³/mol. The molecule has 2 aliphatic heterocycles. The SMILES string of the molecule is N#Cc1cccnc1N1CCN(C[C@@H]2CCN(Cc3ccccc3)C2)CC1. The van der Waals surface area contributed by atoms with Crippen LogP contribution in [0.1, 0.15) is 17.5 Å². The van der Waals surface area contributed by atoms with Gasteiger partial charge < -0.3 is 4.90 Å². The molecule has 5 nitrogen and oxygen atoms in total. The van der Waals surface area contributed by atoms with Gasteiger partial charge in [-0.2, -0.15) is 5.26 Å². The number of rotatable bonds is 5.